The summed E-state index contributed by atoms with van der Waals surface area (Å²) in [5, 5.41) is 12.0. The number of carbonyl (C=O) groups is 1. The van der Waals surface area contributed by atoms with Crippen molar-refractivity contribution < 1.29 is 13.9 Å². The third-order valence-corrected chi connectivity index (χ3v) is 5.36. The van der Waals surface area contributed by atoms with Crippen molar-refractivity contribution in [1.82, 2.24) is 14.8 Å². The zero-order valence-corrected chi connectivity index (χ0v) is 17.5. The molecule has 6 nitrogen and oxygen atoms in total. The zero-order valence-electron chi connectivity index (χ0n) is 16.7. The molecule has 3 aromatic carbocycles. The second-order valence-electron chi connectivity index (χ2n) is 6.55. The van der Waals surface area contributed by atoms with E-state index in [0.717, 1.165) is 5.56 Å². The monoisotopic (exact) mass is 434 g/mol. The van der Waals surface area contributed by atoms with E-state index in [0.29, 0.717) is 28.1 Å². The fraction of sp³-hybridized carbons (Fsp3) is 0.0870. The van der Waals surface area contributed by atoms with Gasteiger partial charge in [-0.3, -0.25) is 9.36 Å². The van der Waals surface area contributed by atoms with Gasteiger partial charge in [-0.1, -0.05) is 48.2 Å². The van der Waals surface area contributed by atoms with Gasteiger partial charge < -0.3 is 10.1 Å². The van der Waals surface area contributed by atoms with Gasteiger partial charge in [-0.25, -0.2) is 4.39 Å². The maximum atomic E-state index is 13.5. The number of benzene rings is 3. The Morgan fingerprint density at radius 3 is 2.55 bits per heavy atom. The number of methoxy groups -OCH3 is 1. The molecule has 0 aliphatic carbocycles. The van der Waals surface area contributed by atoms with E-state index < -0.39 is 0 Å². The second kappa shape index (κ2) is 9.44. The number of aromatic nitrogens is 3. The minimum Gasteiger partial charge on any atom is -0.497 e. The molecule has 31 heavy (non-hydrogen) atoms. The Morgan fingerprint density at radius 1 is 1.03 bits per heavy atom. The van der Waals surface area contributed by atoms with Gasteiger partial charge in [0, 0.05) is 23.0 Å². The van der Waals surface area contributed by atoms with E-state index in [9.17, 15) is 9.18 Å². The largest absolute Gasteiger partial charge is 0.497 e. The Balaban J connectivity index is 1.57. The molecule has 4 rings (SSSR count). The van der Waals surface area contributed by atoms with Crippen molar-refractivity contribution in [2.24, 2.45) is 0 Å². The fourth-order valence-electron chi connectivity index (χ4n) is 2.99. The summed E-state index contributed by atoms with van der Waals surface area (Å²) in [4.78, 5) is 12.5. The van der Waals surface area contributed by atoms with Gasteiger partial charge in [0.2, 0.25) is 5.91 Å². The van der Waals surface area contributed by atoms with Crippen LogP contribution < -0.4 is 10.1 Å². The molecule has 0 saturated carbocycles. The highest BCUT2D eigenvalue weighted by Gasteiger charge is 2.17. The van der Waals surface area contributed by atoms with E-state index in [-0.39, 0.29) is 17.5 Å². The standard InChI is InChI=1S/C23H19FN4O2S/c1-30-20-9-5-8-18(14-20)25-21(29)15-31-23-27-26-22(16-6-3-2-4-7-16)28(23)19-12-10-17(24)11-13-19/h2-14H,15H2,1H3,(H,25,29). The number of hydrogen-bond donors (Lipinski definition) is 1. The number of nitrogens with one attached hydrogen (secondary N) is 1. The lowest BCUT2D eigenvalue weighted by Crippen LogP contribution is -2.14. The molecule has 0 radical (unpaired) electrons. The first kappa shape index (κ1) is 20.6. The predicted molar refractivity (Wildman–Crippen MR) is 119 cm³/mol. The summed E-state index contributed by atoms with van der Waals surface area (Å²) in [5.74, 6) is 0.890. The Hall–Kier alpha value is -3.65. The Bertz CT molecular complexity index is 1180. The molecule has 1 amide bonds. The summed E-state index contributed by atoms with van der Waals surface area (Å²) >= 11 is 1.25. The minimum absolute atomic E-state index is 0.130. The molecule has 1 aromatic heterocycles. The third-order valence-electron chi connectivity index (χ3n) is 4.44. The van der Waals surface area contributed by atoms with E-state index in [1.165, 1.54) is 23.9 Å². The smallest absolute Gasteiger partial charge is 0.234 e. The number of ether oxygens (including phenoxy) is 1. The first-order chi connectivity index (χ1) is 15.1. The molecular formula is C23H19FN4O2S. The van der Waals surface area contributed by atoms with Gasteiger partial charge >= 0.3 is 0 Å². The first-order valence-corrected chi connectivity index (χ1v) is 10.5. The Labute approximate surface area is 183 Å². The van der Waals surface area contributed by atoms with E-state index in [4.69, 9.17) is 4.74 Å². The van der Waals surface area contributed by atoms with Gasteiger partial charge in [0.05, 0.1) is 12.9 Å². The summed E-state index contributed by atoms with van der Waals surface area (Å²) in [6.45, 7) is 0. The van der Waals surface area contributed by atoms with E-state index in [1.54, 1.807) is 43.5 Å². The number of nitrogens with zero attached hydrogens (tertiary/aromatic N) is 3. The van der Waals surface area contributed by atoms with Crippen molar-refractivity contribution in [3.8, 4) is 22.8 Å². The average Bonchev–Trinajstić information content (AvgIpc) is 3.23. The summed E-state index contributed by atoms with van der Waals surface area (Å²) in [5.41, 5.74) is 2.22. The van der Waals surface area contributed by atoms with Crippen LogP contribution in [0.5, 0.6) is 5.75 Å². The number of carbonyl (C=O) groups excluding carboxylic acids is 1. The molecule has 0 atom stereocenters. The zero-order chi connectivity index (χ0) is 21.6. The molecule has 0 fully saturated rings. The maximum absolute atomic E-state index is 13.5. The first-order valence-electron chi connectivity index (χ1n) is 9.47. The molecule has 0 aliphatic heterocycles. The second-order valence-corrected chi connectivity index (χ2v) is 7.50. The quantitative estimate of drug-likeness (QED) is 0.423. The van der Waals surface area contributed by atoms with Crippen molar-refractivity contribution >= 4 is 23.4 Å². The molecule has 1 N–H and O–H groups in total. The van der Waals surface area contributed by atoms with Crippen LogP contribution in [0, 0.1) is 5.82 Å². The van der Waals surface area contributed by atoms with Crippen LogP contribution in [0.4, 0.5) is 10.1 Å². The lowest BCUT2D eigenvalue weighted by atomic mass is 10.2. The Kier molecular flexibility index (Phi) is 6.28. The van der Waals surface area contributed by atoms with Gasteiger partial charge in [0.25, 0.3) is 0 Å². The lowest BCUT2D eigenvalue weighted by molar-refractivity contribution is -0.113. The minimum atomic E-state index is -0.329. The van der Waals surface area contributed by atoms with Crippen molar-refractivity contribution in [2.75, 3.05) is 18.2 Å². The number of rotatable bonds is 7. The van der Waals surface area contributed by atoms with Crippen LogP contribution in [0.25, 0.3) is 17.1 Å². The number of thioether (sulfide) groups is 1. The maximum Gasteiger partial charge on any atom is 0.234 e. The van der Waals surface area contributed by atoms with Gasteiger partial charge in [-0.15, -0.1) is 10.2 Å². The van der Waals surface area contributed by atoms with Crippen LogP contribution in [0.3, 0.4) is 0 Å². The molecule has 0 bridgehead atoms. The number of hydrogen-bond acceptors (Lipinski definition) is 5. The average molecular weight is 434 g/mol. The molecular weight excluding hydrogens is 415 g/mol. The van der Waals surface area contributed by atoms with Gasteiger partial charge in [-0.2, -0.15) is 0 Å². The molecule has 1 heterocycles. The SMILES string of the molecule is COc1cccc(NC(=O)CSc2nnc(-c3ccccc3)n2-c2ccc(F)cc2)c1. The topological polar surface area (TPSA) is 69.0 Å². The van der Waals surface area contributed by atoms with Crippen LogP contribution in [-0.2, 0) is 4.79 Å². The molecule has 0 aliphatic rings. The van der Waals surface area contributed by atoms with Crippen LogP contribution >= 0.6 is 11.8 Å². The molecule has 8 heteroatoms. The molecule has 4 aromatic rings. The van der Waals surface area contributed by atoms with E-state index in [2.05, 4.69) is 15.5 Å². The molecule has 156 valence electrons. The summed E-state index contributed by atoms with van der Waals surface area (Å²) in [6, 6.07) is 22.8. The number of amides is 1. The third kappa shape index (κ3) is 4.92. The van der Waals surface area contributed by atoms with Crippen molar-refractivity contribution in [1.29, 1.82) is 0 Å². The summed E-state index contributed by atoms with van der Waals surface area (Å²) in [6.07, 6.45) is 0. The van der Waals surface area contributed by atoms with Gasteiger partial charge in [0.15, 0.2) is 11.0 Å². The summed E-state index contributed by atoms with van der Waals surface area (Å²) in [7, 11) is 1.57. The van der Waals surface area contributed by atoms with Crippen LogP contribution in [0.2, 0.25) is 0 Å². The highest BCUT2D eigenvalue weighted by molar-refractivity contribution is 7.99. The fourth-order valence-corrected chi connectivity index (χ4v) is 3.74. The van der Waals surface area contributed by atoms with Crippen molar-refractivity contribution in [3.05, 3.63) is 84.7 Å². The highest BCUT2D eigenvalue weighted by atomic mass is 32.2. The normalized spacial score (nSPS) is 10.6. The number of halogens is 1. The highest BCUT2D eigenvalue weighted by Crippen LogP contribution is 2.28. The number of anilines is 1. The van der Waals surface area contributed by atoms with E-state index >= 15 is 0 Å². The predicted octanol–water partition coefficient (Wildman–Crippen LogP) is 4.81. The van der Waals surface area contributed by atoms with Gasteiger partial charge in [0.1, 0.15) is 11.6 Å². The van der Waals surface area contributed by atoms with Crippen LogP contribution in [0.1, 0.15) is 0 Å². The van der Waals surface area contributed by atoms with E-state index in [1.807, 2.05) is 34.9 Å². The summed E-state index contributed by atoms with van der Waals surface area (Å²) < 4.78 is 20.5. The molecule has 0 spiro atoms. The van der Waals surface area contributed by atoms with Crippen molar-refractivity contribution in [3.63, 3.8) is 0 Å². The van der Waals surface area contributed by atoms with Crippen LogP contribution in [-0.4, -0.2) is 33.5 Å². The van der Waals surface area contributed by atoms with Gasteiger partial charge in [-0.05, 0) is 36.4 Å². The lowest BCUT2D eigenvalue weighted by Gasteiger charge is -2.11. The van der Waals surface area contributed by atoms with Crippen molar-refractivity contribution in [2.45, 2.75) is 5.16 Å². The van der Waals surface area contributed by atoms with Crippen LogP contribution in [0.15, 0.2) is 84.0 Å². The Morgan fingerprint density at radius 2 is 1.81 bits per heavy atom. The molecule has 0 unspecified atom stereocenters. The molecule has 0 saturated heterocycles.